The molecule has 3 aliphatic carbocycles. The number of aliphatic hydroxyl groups is 2. The van der Waals surface area contributed by atoms with Crippen molar-refractivity contribution >= 4 is 5.82 Å². The minimum atomic E-state index is -4.68. The molecule has 6 rings (SSSR count). The zero-order chi connectivity index (χ0) is 25.7. The van der Waals surface area contributed by atoms with Crippen LogP contribution in [0.5, 0.6) is 5.75 Å². The van der Waals surface area contributed by atoms with Crippen molar-refractivity contribution in [1.82, 2.24) is 10.3 Å². The van der Waals surface area contributed by atoms with Gasteiger partial charge in [0.25, 0.3) is 0 Å². The predicted molar refractivity (Wildman–Crippen MR) is 113 cm³/mol. The highest BCUT2D eigenvalue weighted by Crippen LogP contribution is 2.82. The van der Waals surface area contributed by atoms with Gasteiger partial charge >= 0.3 is 12.4 Å². The van der Waals surface area contributed by atoms with E-state index in [4.69, 9.17) is 4.74 Å². The summed E-state index contributed by atoms with van der Waals surface area (Å²) >= 11 is 0. The van der Waals surface area contributed by atoms with E-state index in [9.17, 15) is 36.6 Å². The molecule has 12 heteroatoms. The molecule has 1 aromatic rings. The Hall–Kier alpha value is -1.79. The number of halogens is 6. The standard InChI is InChI=1S/C23H29F6N3O3/c1-13-4-21(34,19-8-20(9-19,10-19)23(27,28)29)5-14(31-13)7-35-15-3-16(22(24,25)26)17(30-6-15)32-11-18(2,33)12-32/h3,6,13-14,31,33-34H,4-5,7-12H2,1-2H3. The molecule has 3 atom stereocenters. The van der Waals surface area contributed by atoms with Gasteiger partial charge in [-0.1, -0.05) is 0 Å². The zero-order valence-electron chi connectivity index (χ0n) is 19.4. The van der Waals surface area contributed by atoms with E-state index in [1.165, 1.54) is 18.0 Å². The van der Waals surface area contributed by atoms with Crippen LogP contribution in [0.2, 0.25) is 0 Å². The average Bonchev–Trinajstić information content (AvgIpc) is 2.59. The fourth-order valence-electron chi connectivity index (χ4n) is 6.74. The SMILES string of the molecule is CC1CC(O)(C23CC(C(F)(F)F)(C2)C3)CC(COc2cnc(N3CC(C)(O)C3)c(C(F)(F)F)c2)N1. The molecule has 3 saturated carbocycles. The van der Waals surface area contributed by atoms with Crippen molar-refractivity contribution in [3.63, 3.8) is 0 Å². The highest BCUT2D eigenvalue weighted by Gasteiger charge is 2.83. The van der Waals surface area contributed by atoms with Crippen LogP contribution in [0.4, 0.5) is 32.2 Å². The van der Waals surface area contributed by atoms with Gasteiger partial charge < -0.3 is 25.2 Å². The lowest BCUT2D eigenvalue weighted by atomic mass is 9.29. The Labute approximate surface area is 198 Å². The molecule has 3 unspecified atom stereocenters. The second-order valence-corrected chi connectivity index (χ2v) is 11.5. The Kier molecular flexibility index (Phi) is 5.25. The first kappa shape index (κ1) is 24.9. The molecule has 196 valence electrons. The van der Waals surface area contributed by atoms with Gasteiger partial charge in [0, 0.05) is 30.6 Å². The number of ether oxygens (including phenoxy) is 1. The van der Waals surface area contributed by atoms with Crippen LogP contribution in [0.15, 0.2) is 12.3 Å². The van der Waals surface area contributed by atoms with E-state index < -0.39 is 46.0 Å². The Morgan fingerprint density at radius 1 is 1.11 bits per heavy atom. The van der Waals surface area contributed by atoms with Gasteiger partial charge in [0.05, 0.1) is 22.8 Å². The molecule has 3 N–H and O–H groups in total. The summed E-state index contributed by atoms with van der Waals surface area (Å²) in [5.74, 6) is -0.379. The molecule has 5 aliphatic rings. The quantitative estimate of drug-likeness (QED) is 0.526. The van der Waals surface area contributed by atoms with Gasteiger partial charge in [-0.3, -0.25) is 0 Å². The molecular formula is C23H29F6N3O3. The van der Waals surface area contributed by atoms with Crippen molar-refractivity contribution < 1.29 is 41.3 Å². The van der Waals surface area contributed by atoms with Gasteiger partial charge in [-0.25, -0.2) is 4.98 Å². The lowest BCUT2D eigenvalue weighted by molar-refractivity contribution is -0.403. The number of nitrogens with zero attached hydrogens (tertiary/aromatic N) is 2. The van der Waals surface area contributed by atoms with Gasteiger partial charge in [0.15, 0.2) is 0 Å². The number of nitrogens with one attached hydrogen (secondary N) is 1. The van der Waals surface area contributed by atoms with E-state index in [0.29, 0.717) is 6.42 Å². The monoisotopic (exact) mass is 509 g/mol. The zero-order valence-corrected chi connectivity index (χ0v) is 19.4. The third-order valence-electron chi connectivity index (χ3n) is 8.33. The van der Waals surface area contributed by atoms with E-state index in [1.54, 1.807) is 0 Å². The molecule has 6 nitrogen and oxygen atoms in total. The molecule has 35 heavy (non-hydrogen) atoms. The molecule has 1 aromatic heterocycles. The van der Waals surface area contributed by atoms with Crippen LogP contribution < -0.4 is 15.0 Å². The Bertz CT molecular complexity index is 985. The van der Waals surface area contributed by atoms with Crippen LogP contribution in [-0.2, 0) is 6.18 Å². The molecular weight excluding hydrogens is 480 g/mol. The number of pyridine rings is 1. The molecule has 2 bridgehead atoms. The molecule has 3 heterocycles. The Morgan fingerprint density at radius 2 is 1.74 bits per heavy atom. The molecule has 0 amide bonds. The Morgan fingerprint density at radius 3 is 2.29 bits per heavy atom. The van der Waals surface area contributed by atoms with E-state index in [1.807, 2.05) is 6.92 Å². The minimum Gasteiger partial charge on any atom is -0.490 e. The lowest BCUT2D eigenvalue weighted by Gasteiger charge is -2.76. The predicted octanol–water partition coefficient (Wildman–Crippen LogP) is 3.65. The number of alkyl halides is 6. The second-order valence-electron chi connectivity index (χ2n) is 11.5. The number of hydrogen-bond donors (Lipinski definition) is 3. The summed E-state index contributed by atoms with van der Waals surface area (Å²) in [7, 11) is 0. The summed E-state index contributed by atoms with van der Waals surface area (Å²) in [6.07, 6.45) is -7.54. The number of aromatic nitrogens is 1. The summed E-state index contributed by atoms with van der Waals surface area (Å²) in [6.45, 7) is 3.35. The summed E-state index contributed by atoms with van der Waals surface area (Å²) in [5.41, 5.74) is -5.76. The summed E-state index contributed by atoms with van der Waals surface area (Å²) in [5, 5.41) is 24.5. The molecule has 2 saturated heterocycles. The van der Waals surface area contributed by atoms with Crippen molar-refractivity contribution in [3.05, 3.63) is 17.8 Å². The van der Waals surface area contributed by atoms with Crippen LogP contribution in [0.3, 0.4) is 0 Å². The van der Waals surface area contributed by atoms with E-state index in [2.05, 4.69) is 10.3 Å². The van der Waals surface area contributed by atoms with Crippen LogP contribution in [-0.4, -0.2) is 64.4 Å². The second kappa shape index (κ2) is 7.38. The maximum atomic E-state index is 13.7. The topological polar surface area (TPSA) is 77.9 Å². The average molecular weight is 509 g/mol. The largest absolute Gasteiger partial charge is 0.490 e. The maximum absolute atomic E-state index is 13.7. The van der Waals surface area contributed by atoms with Crippen molar-refractivity contribution in [2.24, 2.45) is 10.8 Å². The maximum Gasteiger partial charge on any atom is 0.420 e. The fourth-order valence-corrected chi connectivity index (χ4v) is 6.74. The fraction of sp³-hybridized carbons (Fsp3) is 0.783. The third kappa shape index (κ3) is 3.96. The van der Waals surface area contributed by atoms with Gasteiger partial charge in [0.2, 0.25) is 0 Å². The van der Waals surface area contributed by atoms with E-state index in [0.717, 1.165) is 6.07 Å². The van der Waals surface area contributed by atoms with Crippen LogP contribution in [0, 0.1) is 10.8 Å². The van der Waals surface area contributed by atoms with Crippen molar-refractivity contribution in [3.8, 4) is 5.75 Å². The normalized spacial score (nSPS) is 38.3. The first-order chi connectivity index (χ1) is 16.0. The van der Waals surface area contributed by atoms with E-state index >= 15 is 0 Å². The third-order valence-corrected chi connectivity index (χ3v) is 8.33. The number of hydrogen-bond acceptors (Lipinski definition) is 6. The number of anilines is 1. The smallest absolute Gasteiger partial charge is 0.420 e. The van der Waals surface area contributed by atoms with Gasteiger partial charge in [-0.05, 0) is 52.0 Å². The van der Waals surface area contributed by atoms with Crippen LogP contribution in [0.1, 0.15) is 51.5 Å². The number of rotatable bonds is 5. The highest BCUT2D eigenvalue weighted by molar-refractivity contribution is 5.54. The molecule has 5 fully saturated rings. The van der Waals surface area contributed by atoms with Crippen molar-refractivity contribution in [1.29, 1.82) is 0 Å². The summed E-state index contributed by atoms with van der Waals surface area (Å²) < 4.78 is 86.5. The van der Waals surface area contributed by atoms with Crippen LogP contribution in [0.25, 0.3) is 0 Å². The number of piperidine rings is 1. The van der Waals surface area contributed by atoms with Gasteiger partial charge in [0.1, 0.15) is 23.7 Å². The van der Waals surface area contributed by atoms with Crippen molar-refractivity contribution in [2.45, 2.75) is 81.6 Å². The molecule has 2 aliphatic heterocycles. The lowest BCUT2D eigenvalue weighted by Crippen LogP contribution is -2.78. The molecule has 0 spiro atoms. The summed E-state index contributed by atoms with van der Waals surface area (Å²) in [6, 6.07) is 0.227. The van der Waals surface area contributed by atoms with E-state index in [-0.39, 0.29) is 63.0 Å². The summed E-state index contributed by atoms with van der Waals surface area (Å²) in [4.78, 5) is 5.27. The number of β-amino-alcohol motifs (C(OH)–C–C–N with tert-alkyl or cyclic N) is 1. The minimum absolute atomic E-state index is 0.0309. The first-order valence-electron chi connectivity index (χ1n) is 11.7. The molecule has 0 aromatic carbocycles. The van der Waals surface area contributed by atoms with Gasteiger partial charge in [-0.15, -0.1) is 0 Å². The Balaban J connectivity index is 1.26. The van der Waals surface area contributed by atoms with Crippen molar-refractivity contribution in [2.75, 3.05) is 24.6 Å². The van der Waals surface area contributed by atoms with Crippen LogP contribution >= 0.6 is 0 Å². The first-order valence-corrected chi connectivity index (χ1v) is 11.7. The molecule has 0 radical (unpaired) electrons. The van der Waals surface area contributed by atoms with Gasteiger partial charge in [-0.2, -0.15) is 26.3 Å². The highest BCUT2D eigenvalue weighted by atomic mass is 19.4.